The van der Waals surface area contributed by atoms with E-state index in [4.69, 9.17) is 4.74 Å². The van der Waals surface area contributed by atoms with Crippen LogP contribution in [0.4, 0.5) is 4.79 Å². The average Bonchev–Trinajstić information content (AvgIpc) is 3.11. The standard InChI is InChI=1S/C17H29N3O3/c21-16(15-7-4-12-23-15)18-14-8-10-20(11-9-14)17(22)19-13-5-2-1-3-6-13/h13-15H,1-12H2,(H,18,21)(H,19,22). The van der Waals surface area contributed by atoms with E-state index in [9.17, 15) is 9.59 Å². The first-order valence-corrected chi connectivity index (χ1v) is 9.20. The van der Waals surface area contributed by atoms with Crippen LogP contribution in [0.1, 0.15) is 57.8 Å². The molecule has 130 valence electrons. The third-order valence-corrected chi connectivity index (χ3v) is 5.28. The van der Waals surface area contributed by atoms with Gasteiger partial charge in [-0.05, 0) is 38.5 Å². The van der Waals surface area contributed by atoms with Crippen molar-refractivity contribution in [2.45, 2.75) is 76.0 Å². The maximum absolute atomic E-state index is 12.3. The van der Waals surface area contributed by atoms with Gasteiger partial charge in [0, 0.05) is 31.8 Å². The third-order valence-electron chi connectivity index (χ3n) is 5.28. The molecule has 3 rings (SSSR count). The first kappa shape index (κ1) is 16.6. The molecule has 6 nitrogen and oxygen atoms in total. The lowest BCUT2D eigenvalue weighted by Gasteiger charge is -2.34. The summed E-state index contributed by atoms with van der Waals surface area (Å²) < 4.78 is 5.41. The van der Waals surface area contributed by atoms with Crippen LogP contribution in [0.5, 0.6) is 0 Å². The zero-order valence-corrected chi connectivity index (χ0v) is 13.9. The predicted molar refractivity (Wildman–Crippen MR) is 87.1 cm³/mol. The fraction of sp³-hybridized carbons (Fsp3) is 0.882. The van der Waals surface area contributed by atoms with Gasteiger partial charge in [-0.2, -0.15) is 0 Å². The number of hydrogen-bond donors (Lipinski definition) is 2. The van der Waals surface area contributed by atoms with E-state index in [1.165, 1.54) is 19.3 Å². The zero-order chi connectivity index (χ0) is 16.1. The molecule has 0 aromatic carbocycles. The van der Waals surface area contributed by atoms with Crippen LogP contribution < -0.4 is 10.6 Å². The van der Waals surface area contributed by atoms with Gasteiger partial charge in [-0.15, -0.1) is 0 Å². The van der Waals surface area contributed by atoms with E-state index in [1.54, 1.807) is 0 Å². The molecule has 0 radical (unpaired) electrons. The van der Waals surface area contributed by atoms with Crippen LogP contribution in [0, 0.1) is 0 Å². The molecule has 2 N–H and O–H groups in total. The molecule has 3 fully saturated rings. The summed E-state index contributed by atoms with van der Waals surface area (Å²) in [5, 5.41) is 6.25. The molecule has 2 heterocycles. The quantitative estimate of drug-likeness (QED) is 0.832. The normalized spacial score (nSPS) is 27.0. The van der Waals surface area contributed by atoms with Crippen LogP contribution in [-0.2, 0) is 9.53 Å². The minimum Gasteiger partial charge on any atom is -0.368 e. The predicted octanol–water partition coefficient (Wildman–Crippen LogP) is 1.79. The Hall–Kier alpha value is -1.30. The Labute approximate surface area is 138 Å². The van der Waals surface area contributed by atoms with Crippen molar-refractivity contribution in [2.75, 3.05) is 19.7 Å². The molecule has 2 aliphatic heterocycles. The van der Waals surface area contributed by atoms with E-state index < -0.39 is 0 Å². The first-order chi connectivity index (χ1) is 11.2. The lowest BCUT2D eigenvalue weighted by atomic mass is 9.95. The molecule has 0 spiro atoms. The van der Waals surface area contributed by atoms with Gasteiger partial charge < -0.3 is 20.3 Å². The van der Waals surface area contributed by atoms with Crippen LogP contribution in [-0.4, -0.2) is 54.7 Å². The Balaban J connectivity index is 1.37. The van der Waals surface area contributed by atoms with Crippen LogP contribution in [0.15, 0.2) is 0 Å². The van der Waals surface area contributed by atoms with E-state index in [2.05, 4.69) is 10.6 Å². The van der Waals surface area contributed by atoms with E-state index in [0.717, 1.165) is 51.6 Å². The maximum atomic E-state index is 12.3. The van der Waals surface area contributed by atoms with Gasteiger partial charge in [0.1, 0.15) is 6.10 Å². The van der Waals surface area contributed by atoms with Crippen molar-refractivity contribution in [3.05, 3.63) is 0 Å². The van der Waals surface area contributed by atoms with Crippen LogP contribution >= 0.6 is 0 Å². The molecular weight excluding hydrogens is 294 g/mol. The number of piperidine rings is 1. The Kier molecular flexibility index (Phi) is 5.75. The topological polar surface area (TPSA) is 70.7 Å². The van der Waals surface area contributed by atoms with Gasteiger partial charge in [-0.3, -0.25) is 4.79 Å². The number of carbonyl (C=O) groups excluding carboxylic acids is 2. The number of ether oxygens (including phenoxy) is 1. The molecule has 3 amide bonds. The highest BCUT2D eigenvalue weighted by atomic mass is 16.5. The zero-order valence-electron chi connectivity index (χ0n) is 13.9. The number of nitrogens with zero attached hydrogens (tertiary/aromatic N) is 1. The fourth-order valence-electron chi connectivity index (χ4n) is 3.82. The molecular formula is C17H29N3O3. The van der Waals surface area contributed by atoms with Gasteiger partial charge >= 0.3 is 6.03 Å². The second kappa shape index (κ2) is 7.99. The minimum absolute atomic E-state index is 0.0209. The molecule has 6 heteroatoms. The molecule has 1 aliphatic carbocycles. The largest absolute Gasteiger partial charge is 0.368 e. The fourth-order valence-corrected chi connectivity index (χ4v) is 3.82. The van der Waals surface area contributed by atoms with E-state index >= 15 is 0 Å². The Morgan fingerprint density at radius 1 is 0.826 bits per heavy atom. The summed E-state index contributed by atoms with van der Waals surface area (Å²) in [6.07, 6.45) is 9.16. The number of hydrogen-bond acceptors (Lipinski definition) is 3. The highest BCUT2D eigenvalue weighted by molar-refractivity contribution is 5.81. The average molecular weight is 323 g/mol. The molecule has 1 saturated carbocycles. The number of amides is 3. The van der Waals surface area contributed by atoms with Crippen molar-refractivity contribution >= 4 is 11.9 Å². The first-order valence-electron chi connectivity index (χ1n) is 9.20. The smallest absolute Gasteiger partial charge is 0.317 e. The summed E-state index contributed by atoms with van der Waals surface area (Å²) >= 11 is 0. The molecule has 0 aromatic rings. The summed E-state index contributed by atoms with van der Waals surface area (Å²) in [6, 6.07) is 0.597. The van der Waals surface area contributed by atoms with Crippen molar-refractivity contribution in [1.29, 1.82) is 0 Å². The summed E-state index contributed by atoms with van der Waals surface area (Å²) in [6.45, 7) is 2.13. The molecule has 1 atom stereocenters. The molecule has 1 unspecified atom stereocenters. The maximum Gasteiger partial charge on any atom is 0.317 e. The second-order valence-electron chi connectivity index (χ2n) is 7.06. The van der Waals surface area contributed by atoms with E-state index in [0.29, 0.717) is 12.6 Å². The van der Waals surface area contributed by atoms with Crippen molar-refractivity contribution in [1.82, 2.24) is 15.5 Å². The summed E-state index contributed by atoms with van der Waals surface area (Å²) in [4.78, 5) is 26.3. The number of carbonyl (C=O) groups is 2. The van der Waals surface area contributed by atoms with Crippen molar-refractivity contribution < 1.29 is 14.3 Å². The van der Waals surface area contributed by atoms with Crippen molar-refractivity contribution in [3.8, 4) is 0 Å². The minimum atomic E-state index is -0.261. The highest BCUT2D eigenvalue weighted by Gasteiger charge is 2.29. The van der Waals surface area contributed by atoms with E-state index in [1.807, 2.05) is 4.90 Å². The number of rotatable bonds is 3. The molecule has 2 saturated heterocycles. The summed E-state index contributed by atoms with van der Waals surface area (Å²) in [5.41, 5.74) is 0. The lowest BCUT2D eigenvalue weighted by Crippen LogP contribution is -2.52. The number of urea groups is 1. The van der Waals surface area contributed by atoms with Crippen LogP contribution in [0.25, 0.3) is 0 Å². The highest BCUT2D eigenvalue weighted by Crippen LogP contribution is 2.19. The molecule has 0 aromatic heterocycles. The van der Waals surface area contributed by atoms with Gasteiger partial charge in [0.25, 0.3) is 0 Å². The molecule has 0 bridgehead atoms. The summed E-state index contributed by atoms with van der Waals surface area (Å²) in [7, 11) is 0. The van der Waals surface area contributed by atoms with Crippen LogP contribution in [0.3, 0.4) is 0 Å². The number of nitrogens with one attached hydrogen (secondary N) is 2. The van der Waals surface area contributed by atoms with Crippen LogP contribution in [0.2, 0.25) is 0 Å². The number of likely N-dealkylation sites (tertiary alicyclic amines) is 1. The van der Waals surface area contributed by atoms with E-state index in [-0.39, 0.29) is 24.1 Å². The monoisotopic (exact) mass is 323 g/mol. The Morgan fingerprint density at radius 3 is 2.17 bits per heavy atom. The van der Waals surface area contributed by atoms with Gasteiger partial charge in [0.05, 0.1) is 0 Å². The SMILES string of the molecule is O=C(NC1CCN(C(=O)NC2CCCCC2)CC1)C1CCCO1. The Bertz CT molecular complexity index is 409. The van der Waals surface area contributed by atoms with Crippen molar-refractivity contribution in [3.63, 3.8) is 0 Å². The van der Waals surface area contributed by atoms with Gasteiger partial charge in [-0.1, -0.05) is 19.3 Å². The lowest BCUT2D eigenvalue weighted by molar-refractivity contribution is -0.131. The van der Waals surface area contributed by atoms with Gasteiger partial charge in [0.2, 0.25) is 5.91 Å². The molecule has 3 aliphatic rings. The second-order valence-corrected chi connectivity index (χ2v) is 7.06. The Morgan fingerprint density at radius 2 is 1.52 bits per heavy atom. The summed E-state index contributed by atoms with van der Waals surface area (Å²) in [5.74, 6) is 0.0209. The van der Waals surface area contributed by atoms with Crippen molar-refractivity contribution in [2.24, 2.45) is 0 Å². The third kappa shape index (κ3) is 4.59. The molecule has 23 heavy (non-hydrogen) atoms. The van der Waals surface area contributed by atoms with Gasteiger partial charge in [0.15, 0.2) is 0 Å². The van der Waals surface area contributed by atoms with Gasteiger partial charge in [-0.25, -0.2) is 4.79 Å².